The number of likely N-dealkylation sites (tertiary alicyclic amines) is 1. The second-order valence-electron chi connectivity index (χ2n) is 5.38. The number of nitro groups is 1. The largest absolute Gasteiger partial charge is 0.377 e. The molecule has 2 rings (SSSR count). The first-order chi connectivity index (χ1) is 9.88. The summed E-state index contributed by atoms with van der Waals surface area (Å²) in [6.07, 6.45) is 1.69. The molecule has 0 spiro atoms. The SMILES string of the molecule is COC1(C)CCCN(C(=O)c2cccc([N+](=O)[O-])c2Cl)C1. The van der Waals surface area contributed by atoms with Crippen LogP contribution in [0.25, 0.3) is 0 Å². The van der Waals surface area contributed by atoms with Crippen molar-refractivity contribution < 1.29 is 14.5 Å². The summed E-state index contributed by atoms with van der Waals surface area (Å²) < 4.78 is 5.45. The number of hydrogen-bond acceptors (Lipinski definition) is 4. The smallest absolute Gasteiger partial charge is 0.288 e. The van der Waals surface area contributed by atoms with E-state index in [2.05, 4.69) is 0 Å². The Labute approximate surface area is 127 Å². The number of nitrogens with zero attached hydrogens (tertiary/aromatic N) is 2. The molecule has 1 aliphatic rings. The molecule has 1 unspecified atom stereocenters. The van der Waals surface area contributed by atoms with Gasteiger partial charge in [0, 0.05) is 26.3 Å². The fourth-order valence-corrected chi connectivity index (χ4v) is 2.82. The minimum Gasteiger partial charge on any atom is -0.377 e. The van der Waals surface area contributed by atoms with Gasteiger partial charge in [-0.3, -0.25) is 14.9 Å². The van der Waals surface area contributed by atoms with Gasteiger partial charge in [-0.25, -0.2) is 0 Å². The second kappa shape index (κ2) is 5.99. The van der Waals surface area contributed by atoms with Crippen LogP contribution in [0.5, 0.6) is 0 Å². The summed E-state index contributed by atoms with van der Waals surface area (Å²) >= 11 is 6.00. The number of carbonyl (C=O) groups excluding carboxylic acids is 1. The monoisotopic (exact) mass is 312 g/mol. The molecule has 1 aromatic rings. The average Bonchev–Trinajstić information content (AvgIpc) is 2.46. The molecule has 1 aromatic carbocycles. The number of halogens is 1. The van der Waals surface area contributed by atoms with Gasteiger partial charge in [-0.05, 0) is 25.8 Å². The van der Waals surface area contributed by atoms with Gasteiger partial charge in [-0.15, -0.1) is 0 Å². The molecule has 0 bridgehead atoms. The van der Waals surface area contributed by atoms with E-state index in [4.69, 9.17) is 16.3 Å². The molecule has 1 heterocycles. The van der Waals surface area contributed by atoms with E-state index in [-0.39, 0.29) is 27.8 Å². The molecule has 0 aromatic heterocycles. The summed E-state index contributed by atoms with van der Waals surface area (Å²) in [7, 11) is 1.62. The molecule has 0 radical (unpaired) electrons. The Morgan fingerprint density at radius 2 is 2.24 bits per heavy atom. The van der Waals surface area contributed by atoms with E-state index in [0.29, 0.717) is 13.1 Å². The Morgan fingerprint density at radius 3 is 2.86 bits per heavy atom. The van der Waals surface area contributed by atoms with E-state index < -0.39 is 4.92 Å². The van der Waals surface area contributed by atoms with E-state index in [1.54, 1.807) is 12.0 Å². The van der Waals surface area contributed by atoms with E-state index >= 15 is 0 Å². The lowest BCUT2D eigenvalue weighted by molar-refractivity contribution is -0.384. The van der Waals surface area contributed by atoms with Crippen molar-refractivity contribution in [3.8, 4) is 0 Å². The first-order valence-corrected chi connectivity index (χ1v) is 7.03. The van der Waals surface area contributed by atoms with Gasteiger partial charge in [0.25, 0.3) is 11.6 Å². The zero-order valence-electron chi connectivity index (χ0n) is 12.0. The third-order valence-electron chi connectivity index (χ3n) is 3.84. The van der Waals surface area contributed by atoms with Crippen LogP contribution in [0.3, 0.4) is 0 Å². The molecule has 7 heteroatoms. The summed E-state index contributed by atoms with van der Waals surface area (Å²) in [6, 6.07) is 4.27. The van der Waals surface area contributed by atoms with Crippen LogP contribution < -0.4 is 0 Å². The van der Waals surface area contributed by atoms with Crippen LogP contribution in [0.4, 0.5) is 5.69 Å². The molecular formula is C14H17ClN2O4. The second-order valence-corrected chi connectivity index (χ2v) is 5.76. The molecule has 1 aliphatic heterocycles. The standard InChI is InChI=1S/C14H17ClN2O4/c1-14(21-2)7-4-8-16(9-14)13(18)10-5-3-6-11(12(10)15)17(19)20/h3,5-6H,4,7-9H2,1-2H3. The molecule has 0 N–H and O–H groups in total. The lowest BCUT2D eigenvalue weighted by Gasteiger charge is -2.39. The van der Waals surface area contributed by atoms with Crippen molar-refractivity contribution >= 4 is 23.2 Å². The Bertz CT molecular complexity index is 578. The summed E-state index contributed by atoms with van der Waals surface area (Å²) in [5, 5.41) is 10.8. The van der Waals surface area contributed by atoms with Crippen LogP contribution in [-0.4, -0.2) is 41.5 Å². The first kappa shape index (κ1) is 15.7. The Kier molecular flexibility index (Phi) is 4.49. The van der Waals surface area contributed by atoms with E-state index in [1.165, 1.54) is 18.2 Å². The van der Waals surface area contributed by atoms with Crippen molar-refractivity contribution in [3.05, 3.63) is 38.9 Å². The minimum absolute atomic E-state index is 0.114. The molecule has 1 amide bonds. The number of methoxy groups -OCH3 is 1. The van der Waals surface area contributed by atoms with Gasteiger partial charge in [0.05, 0.1) is 16.1 Å². The highest BCUT2D eigenvalue weighted by Crippen LogP contribution is 2.31. The highest BCUT2D eigenvalue weighted by atomic mass is 35.5. The summed E-state index contributed by atoms with van der Waals surface area (Å²) in [4.78, 5) is 24.5. The molecule has 21 heavy (non-hydrogen) atoms. The predicted molar refractivity (Wildman–Crippen MR) is 78.7 cm³/mol. The van der Waals surface area contributed by atoms with Crippen LogP contribution in [0, 0.1) is 10.1 Å². The highest BCUT2D eigenvalue weighted by molar-refractivity contribution is 6.35. The lowest BCUT2D eigenvalue weighted by atomic mass is 9.94. The zero-order chi connectivity index (χ0) is 15.6. The number of amides is 1. The molecule has 1 saturated heterocycles. The van der Waals surface area contributed by atoms with Crippen molar-refractivity contribution in [1.82, 2.24) is 4.90 Å². The first-order valence-electron chi connectivity index (χ1n) is 6.65. The van der Waals surface area contributed by atoms with Crippen molar-refractivity contribution in [2.75, 3.05) is 20.2 Å². The molecule has 0 saturated carbocycles. The number of hydrogen-bond donors (Lipinski definition) is 0. The summed E-state index contributed by atoms with van der Waals surface area (Å²) in [5.74, 6) is -0.299. The van der Waals surface area contributed by atoms with Crippen molar-refractivity contribution in [2.45, 2.75) is 25.4 Å². The lowest BCUT2D eigenvalue weighted by Crippen LogP contribution is -2.49. The van der Waals surface area contributed by atoms with Crippen molar-refractivity contribution in [1.29, 1.82) is 0 Å². The van der Waals surface area contributed by atoms with Gasteiger partial charge < -0.3 is 9.64 Å². The van der Waals surface area contributed by atoms with Crippen LogP contribution in [0.15, 0.2) is 18.2 Å². The van der Waals surface area contributed by atoms with Gasteiger partial charge in [-0.2, -0.15) is 0 Å². The quantitative estimate of drug-likeness (QED) is 0.635. The van der Waals surface area contributed by atoms with Crippen LogP contribution in [0.2, 0.25) is 5.02 Å². The number of rotatable bonds is 3. The normalized spacial score (nSPS) is 22.1. The van der Waals surface area contributed by atoms with Crippen LogP contribution >= 0.6 is 11.6 Å². The number of ether oxygens (including phenoxy) is 1. The van der Waals surface area contributed by atoms with Crippen molar-refractivity contribution in [2.24, 2.45) is 0 Å². The molecule has 1 atom stereocenters. The summed E-state index contributed by atoms with van der Waals surface area (Å²) in [5.41, 5.74) is -0.485. The number of benzene rings is 1. The zero-order valence-corrected chi connectivity index (χ0v) is 12.7. The van der Waals surface area contributed by atoms with Crippen LogP contribution in [-0.2, 0) is 4.74 Å². The maximum absolute atomic E-state index is 12.6. The molecular weight excluding hydrogens is 296 g/mol. The summed E-state index contributed by atoms with van der Waals surface area (Å²) in [6.45, 7) is 2.99. The van der Waals surface area contributed by atoms with Gasteiger partial charge in [0.15, 0.2) is 0 Å². The van der Waals surface area contributed by atoms with Gasteiger partial charge in [-0.1, -0.05) is 17.7 Å². The van der Waals surface area contributed by atoms with Crippen molar-refractivity contribution in [3.63, 3.8) is 0 Å². The third-order valence-corrected chi connectivity index (χ3v) is 4.24. The Morgan fingerprint density at radius 1 is 1.52 bits per heavy atom. The third kappa shape index (κ3) is 3.16. The molecule has 6 nitrogen and oxygen atoms in total. The Hall–Kier alpha value is -1.66. The highest BCUT2D eigenvalue weighted by Gasteiger charge is 2.34. The van der Waals surface area contributed by atoms with Gasteiger partial charge >= 0.3 is 0 Å². The Balaban J connectivity index is 2.28. The fourth-order valence-electron chi connectivity index (χ4n) is 2.54. The van der Waals surface area contributed by atoms with Crippen LogP contribution in [0.1, 0.15) is 30.1 Å². The van der Waals surface area contributed by atoms with E-state index in [1.807, 2.05) is 6.92 Å². The fraction of sp³-hybridized carbons (Fsp3) is 0.500. The maximum Gasteiger partial charge on any atom is 0.288 e. The molecule has 0 aliphatic carbocycles. The topological polar surface area (TPSA) is 72.7 Å². The molecule has 1 fully saturated rings. The predicted octanol–water partition coefficient (Wildman–Crippen LogP) is 2.89. The van der Waals surface area contributed by atoms with E-state index in [0.717, 1.165) is 12.8 Å². The number of piperidine rings is 1. The maximum atomic E-state index is 12.6. The average molecular weight is 313 g/mol. The minimum atomic E-state index is -0.589. The van der Waals surface area contributed by atoms with E-state index in [9.17, 15) is 14.9 Å². The van der Waals surface area contributed by atoms with Gasteiger partial charge in [0.2, 0.25) is 0 Å². The van der Waals surface area contributed by atoms with Gasteiger partial charge in [0.1, 0.15) is 5.02 Å². The molecule has 114 valence electrons. The number of carbonyl (C=O) groups is 1. The number of nitro benzene ring substituents is 1.